The normalized spacial score (nSPS) is 25.0. The van der Waals surface area contributed by atoms with Gasteiger partial charge in [-0.2, -0.15) is 5.26 Å². The second kappa shape index (κ2) is 6.90. The third-order valence-corrected chi connectivity index (χ3v) is 4.46. The van der Waals surface area contributed by atoms with Crippen molar-refractivity contribution >= 4 is 11.9 Å². The molecule has 2 fully saturated rings. The van der Waals surface area contributed by atoms with Crippen LogP contribution in [0.3, 0.4) is 0 Å². The molecule has 2 rings (SSSR count). The number of nitriles is 1. The predicted molar refractivity (Wildman–Crippen MR) is 76.1 cm³/mol. The Morgan fingerprint density at radius 2 is 2.10 bits per heavy atom. The molecule has 116 valence electrons. The van der Waals surface area contributed by atoms with E-state index < -0.39 is 5.54 Å². The number of amides is 1. The Kier molecular flexibility index (Phi) is 5.18. The highest BCUT2D eigenvalue weighted by atomic mass is 16.5. The molecule has 0 spiro atoms. The Bertz CT molecular complexity index is 438. The van der Waals surface area contributed by atoms with Gasteiger partial charge in [-0.15, -0.1) is 0 Å². The van der Waals surface area contributed by atoms with Gasteiger partial charge in [-0.3, -0.25) is 14.5 Å². The van der Waals surface area contributed by atoms with Crippen molar-refractivity contribution in [1.29, 1.82) is 5.26 Å². The molecule has 1 saturated carbocycles. The number of nitrogens with one attached hydrogen (secondary N) is 1. The van der Waals surface area contributed by atoms with Crippen LogP contribution in [0, 0.1) is 17.2 Å². The highest BCUT2D eigenvalue weighted by Gasteiger charge is 2.36. The minimum atomic E-state index is -0.672. The van der Waals surface area contributed by atoms with Crippen molar-refractivity contribution in [2.24, 2.45) is 5.92 Å². The second-order valence-electron chi connectivity index (χ2n) is 6.05. The first kappa shape index (κ1) is 15.8. The lowest BCUT2D eigenvalue weighted by Gasteiger charge is -2.31. The highest BCUT2D eigenvalue weighted by Crippen LogP contribution is 2.28. The Morgan fingerprint density at radius 1 is 1.38 bits per heavy atom. The fourth-order valence-electron chi connectivity index (χ4n) is 3.31. The van der Waals surface area contributed by atoms with Crippen LogP contribution in [-0.2, 0) is 14.3 Å². The van der Waals surface area contributed by atoms with Crippen molar-refractivity contribution in [1.82, 2.24) is 10.2 Å². The van der Waals surface area contributed by atoms with E-state index in [2.05, 4.69) is 11.4 Å². The lowest BCUT2D eigenvalue weighted by Crippen LogP contribution is -2.50. The number of piperidine rings is 1. The number of carbonyl (C=O) groups is 2. The number of hydrogen-bond donors (Lipinski definition) is 1. The molecule has 21 heavy (non-hydrogen) atoms. The number of methoxy groups -OCH3 is 1. The largest absolute Gasteiger partial charge is 0.469 e. The summed E-state index contributed by atoms with van der Waals surface area (Å²) in [6, 6.07) is 2.26. The molecule has 1 saturated heterocycles. The minimum Gasteiger partial charge on any atom is -0.469 e. The summed E-state index contributed by atoms with van der Waals surface area (Å²) in [6.45, 7) is 1.61. The maximum Gasteiger partial charge on any atom is 0.309 e. The molecule has 1 N–H and O–H groups in total. The van der Waals surface area contributed by atoms with Crippen LogP contribution in [0.25, 0.3) is 0 Å². The fourth-order valence-corrected chi connectivity index (χ4v) is 3.31. The number of nitrogens with zero attached hydrogens (tertiary/aromatic N) is 2. The third kappa shape index (κ3) is 3.94. The van der Waals surface area contributed by atoms with Crippen molar-refractivity contribution in [3.8, 4) is 6.07 Å². The van der Waals surface area contributed by atoms with Gasteiger partial charge in [0.15, 0.2) is 0 Å². The molecule has 0 aromatic heterocycles. The zero-order valence-electron chi connectivity index (χ0n) is 12.6. The fraction of sp³-hybridized carbons (Fsp3) is 0.800. The third-order valence-electron chi connectivity index (χ3n) is 4.46. The van der Waals surface area contributed by atoms with Crippen LogP contribution in [0.1, 0.15) is 38.5 Å². The van der Waals surface area contributed by atoms with E-state index in [-0.39, 0.29) is 24.3 Å². The lowest BCUT2D eigenvalue weighted by molar-refractivity contribution is -0.147. The van der Waals surface area contributed by atoms with Gasteiger partial charge in [0, 0.05) is 6.54 Å². The van der Waals surface area contributed by atoms with Crippen molar-refractivity contribution in [3.63, 3.8) is 0 Å². The van der Waals surface area contributed by atoms with Gasteiger partial charge in [0.25, 0.3) is 0 Å². The maximum atomic E-state index is 12.2. The van der Waals surface area contributed by atoms with Gasteiger partial charge in [0.05, 0.1) is 25.6 Å². The molecule has 2 aliphatic rings. The number of ether oxygens (including phenoxy) is 1. The first-order valence-corrected chi connectivity index (χ1v) is 7.61. The van der Waals surface area contributed by atoms with E-state index in [1.807, 2.05) is 4.90 Å². The molecule has 1 heterocycles. The Labute approximate surface area is 125 Å². The molecule has 1 unspecified atom stereocenters. The molecular weight excluding hydrogens is 270 g/mol. The smallest absolute Gasteiger partial charge is 0.309 e. The van der Waals surface area contributed by atoms with Crippen molar-refractivity contribution in [2.75, 3.05) is 26.7 Å². The van der Waals surface area contributed by atoms with Crippen LogP contribution < -0.4 is 5.32 Å². The number of carbonyl (C=O) groups excluding carboxylic acids is 2. The molecular formula is C15H23N3O3. The Balaban J connectivity index is 1.85. The molecule has 6 nitrogen and oxygen atoms in total. The molecule has 1 aliphatic heterocycles. The molecule has 0 aromatic rings. The Hall–Kier alpha value is -1.61. The summed E-state index contributed by atoms with van der Waals surface area (Å²) in [6.07, 6.45) is 5.15. The average Bonchev–Trinajstić information content (AvgIpc) is 2.95. The van der Waals surface area contributed by atoms with E-state index in [0.29, 0.717) is 6.54 Å². The van der Waals surface area contributed by atoms with Crippen molar-refractivity contribution < 1.29 is 14.3 Å². The SMILES string of the molecule is COC(=O)C1CCCN(CC(=O)NC2(C#N)CCCC2)C1. The zero-order valence-corrected chi connectivity index (χ0v) is 12.6. The zero-order chi connectivity index (χ0) is 15.3. The van der Waals surface area contributed by atoms with Crippen LogP contribution in [0.2, 0.25) is 0 Å². The van der Waals surface area contributed by atoms with Crippen molar-refractivity contribution in [3.05, 3.63) is 0 Å². The van der Waals surface area contributed by atoms with Gasteiger partial charge in [-0.25, -0.2) is 0 Å². The molecule has 6 heteroatoms. The molecule has 0 radical (unpaired) electrons. The number of rotatable bonds is 4. The number of likely N-dealkylation sites (tertiary alicyclic amines) is 1. The Morgan fingerprint density at radius 3 is 2.71 bits per heavy atom. The quantitative estimate of drug-likeness (QED) is 0.776. The monoisotopic (exact) mass is 293 g/mol. The van der Waals surface area contributed by atoms with E-state index in [0.717, 1.165) is 45.1 Å². The lowest BCUT2D eigenvalue weighted by atomic mass is 9.97. The molecule has 0 aromatic carbocycles. The summed E-state index contributed by atoms with van der Waals surface area (Å²) in [7, 11) is 1.39. The van der Waals surface area contributed by atoms with Crippen LogP contribution in [0.4, 0.5) is 0 Å². The second-order valence-corrected chi connectivity index (χ2v) is 6.05. The van der Waals surface area contributed by atoms with E-state index in [1.165, 1.54) is 7.11 Å². The number of esters is 1. The van der Waals surface area contributed by atoms with Gasteiger partial charge >= 0.3 is 5.97 Å². The van der Waals surface area contributed by atoms with Gasteiger partial charge in [0.1, 0.15) is 5.54 Å². The first-order valence-electron chi connectivity index (χ1n) is 7.61. The standard InChI is InChI=1S/C15H23N3O3/c1-21-14(20)12-5-4-8-18(9-12)10-13(19)17-15(11-16)6-2-3-7-15/h12H,2-10H2,1H3,(H,17,19). The summed E-state index contributed by atoms with van der Waals surface area (Å²) >= 11 is 0. The minimum absolute atomic E-state index is 0.121. The molecule has 1 aliphatic carbocycles. The van der Waals surface area contributed by atoms with Gasteiger partial charge in [-0.05, 0) is 45.1 Å². The van der Waals surface area contributed by atoms with Crippen LogP contribution >= 0.6 is 0 Å². The summed E-state index contributed by atoms with van der Waals surface area (Å²) in [4.78, 5) is 25.7. The van der Waals surface area contributed by atoms with E-state index in [9.17, 15) is 14.9 Å². The van der Waals surface area contributed by atoms with E-state index >= 15 is 0 Å². The highest BCUT2D eigenvalue weighted by molar-refractivity contribution is 5.79. The van der Waals surface area contributed by atoms with E-state index in [4.69, 9.17) is 4.74 Å². The van der Waals surface area contributed by atoms with Gasteiger partial charge in [-0.1, -0.05) is 0 Å². The average molecular weight is 293 g/mol. The first-order chi connectivity index (χ1) is 10.1. The number of hydrogen-bond acceptors (Lipinski definition) is 5. The van der Waals surface area contributed by atoms with Crippen LogP contribution in [0.15, 0.2) is 0 Å². The van der Waals surface area contributed by atoms with Gasteiger partial charge in [0.2, 0.25) is 5.91 Å². The summed E-state index contributed by atoms with van der Waals surface area (Å²) in [5.74, 6) is -0.471. The molecule has 1 atom stereocenters. The molecule has 0 bridgehead atoms. The summed E-state index contributed by atoms with van der Waals surface area (Å²) in [5, 5.41) is 12.2. The molecule has 1 amide bonds. The van der Waals surface area contributed by atoms with Crippen molar-refractivity contribution in [2.45, 2.75) is 44.1 Å². The van der Waals surface area contributed by atoms with Crippen LogP contribution in [0.5, 0.6) is 0 Å². The predicted octanol–water partition coefficient (Wildman–Crippen LogP) is 0.824. The summed E-state index contributed by atoms with van der Waals surface area (Å²) < 4.78 is 4.77. The van der Waals surface area contributed by atoms with Crippen LogP contribution in [-0.4, -0.2) is 49.1 Å². The summed E-state index contributed by atoms with van der Waals surface area (Å²) in [5.41, 5.74) is -0.672. The van der Waals surface area contributed by atoms with Gasteiger partial charge < -0.3 is 10.1 Å². The maximum absolute atomic E-state index is 12.2. The topological polar surface area (TPSA) is 82.4 Å². The van der Waals surface area contributed by atoms with E-state index in [1.54, 1.807) is 0 Å².